The highest BCUT2D eigenvalue weighted by Gasteiger charge is 2.07. The van der Waals surface area contributed by atoms with Crippen molar-refractivity contribution in [3.05, 3.63) is 53.2 Å². The van der Waals surface area contributed by atoms with E-state index in [-0.39, 0.29) is 18.4 Å². The number of methoxy groups -OCH3 is 1. The van der Waals surface area contributed by atoms with Gasteiger partial charge in [-0.3, -0.25) is 4.98 Å². The Morgan fingerprint density at radius 1 is 1.22 bits per heavy atom. The number of hydrogen-bond donors (Lipinski definition) is 0. The van der Waals surface area contributed by atoms with Crippen LogP contribution in [0.3, 0.4) is 0 Å². The monoisotopic (exact) mass is 283 g/mol. The smallest absolute Gasteiger partial charge is 0.337 e. The van der Waals surface area contributed by atoms with Gasteiger partial charge in [-0.25, -0.2) is 4.79 Å². The van der Waals surface area contributed by atoms with Crippen molar-refractivity contribution in [3.8, 4) is 11.3 Å². The van der Waals surface area contributed by atoms with E-state index in [2.05, 4.69) is 9.72 Å². The lowest BCUT2D eigenvalue weighted by molar-refractivity contribution is 0.0600. The lowest BCUT2D eigenvalue weighted by Crippen LogP contribution is -2.01. The average Bonchev–Trinajstić information content (AvgIpc) is 2.39. The van der Waals surface area contributed by atoms with E-state index in [1.165, 1.54) is 7.11 Å². The fourth-order valence-electron chi connectivity index (χ4n) is 1.45. The van der Waals surface area contributed by atoms with Crippen LogP contribution < -0.4 is 0 Å². The van der Waals surface area contributed by atoms with Gasteiger partial charge in [0.25, 0.3) is 0 Å². The van der Waals surface area contributed by atoms with Crippen LogP contribution in [0.1, 0.15) is 10.4 Å². The van der Waals surface area contributed by atoms with E-state index in [0.717, 1.165) is 5.56 Å². The Labute approximate surface area is 116 Å². The summed E-state index contributed by atoms with van der Waals surface area (Å²) < 4.78 is 4.66. The summed E-state index contributed by atoms with van der Waals surface area (Å²) in [7, 11) is 1.35. The minimum Gasteiger partial charge on any atom is -0.465 e. The summed E-state index contributed by atoms with van der Waals surface area (Å²) in [6, 6.07) is 10.6. The number of ether oxygens (including phenoxy) is 1. The molecule has 0 N–H and O–H groups in total. The van der Waals surface area contributed by atoms with Crippen LogP contribution in [0.15, 0.2) is 42.6 Å². The average molecular weight is 284 g/mol. The van der Waals surface area contributed by atoms with Crippen LogP contribution in [0.25, 0.3) is 11.3 Å². The number of benzene rings is 1. The second-order valence-corrected chi connectivity index (χ2v) is 3.86. The number of nitrogens with zero attached hydrogens (tertiary/aromatic N) is 1. The molecule has 0 fully saturated rings. The van der Waals surface area contributed by atoms with Crippen molar-refractivity contribution < 1.29 is 9.53 Å². The van der Waals surface area contributed by atoms with E-state index in [4.69, 9.17) is 11.6 Å². The van der Waals surface area contributed by atoms with E-state index < -0.39 is 0 Å². The number of rotatable bonds is 2. The lowest BCUT2D eigenvalue weighted by atomic mass is 10.1. The SMILES string of the molecule is COC(=O)c1ccnc(-c2ccc(Cl)cc2)c1.Cl. The summed E-state index contributed by atoms with van der Waals surface area (Å²) >= 11 is 5.81. The fraction of sp³-hybridized carbons (Fsp3) is 0.0769. The van der Waals surface area contributed by atoms with Crippen LogP contribution in [0.4, 0.5) is 0 Å². The third kappa shape index (κ3) is 3.22. The Morgan fingerprint density at radius 3 is 2.50 bits per heavy atom. The second-order valence-electron chi connectivity index (χ2n) is 3.43. The summed E-state index contributed by atoms with van der Waals surface area (Å²) in [5.41, 5.74) is 2.09. The van der Waals surface area contributed by atoms with E-state index >= 15 is 0 Å². The summed E-state index contributed by atoms with van der Waals surface area (Å²) in [5, 5.41) is 0.665. The first-order valence-corrected chi connectivity index (χ1v) is 5.39. The number of pyridine rings is 1. The molecule has 1 aromatic heterocycles. The molecule has 3 nitrogen and oxygen atoms in total. The molecule has 1 aromatic carbocycles. The molecule has 0 aliphatic carbocycles. The minimum absolute atomic E-state index is 0. The number of carbonyl (C=O) groups excluding carboxylic acids is 1. The van der Waals surface area contributed by atoms with Crippen LogP contribution in [-0.4, -0.2) is 18.1 Å². The normalized spacial score (nSPS) is 9.44. The third-order valence-corrected chi connectivity index (χ3v) is 2.57. The molecule has 0 unspecified atom stereocenters. The van der Waals surface area contributed by atoms with E-state index in [9.17, 15) is 4.79 Å². The van der Waals surface area contributed by atoms with Gasteiger partial charge in [0.15, 0.2) is 0 Å². The molecule has 0 amide bonds. The van der Waals surface area contributed by atoms with Crippen LogP contribution >= 0.6 is 24.0 Å². The van der Waals surface area contributed by atoms with E-state index in [0.29, 0.717) is 16.3 Å². The molecular formula is C13H11Cl2NO2. The molecule has 0 spiro atoms. The first-order valence-electron chi connectivity index (χ1n) is 5.01. The molecular weight excluding hydrogens is 273 g/mol. The molecule has 2 aromatic rings. The fourth-order valence-corrected chi connectivity index (χ4v) is 1.58. The predicted molar refractivity (Wildman–Crippen MR) is 73.3 cm³/mol. The molecule has 18 heavy (non-hydrogen) atoms. The minimum atomic E-state index is -0.373. The molecule has 0 aliphatic rings. The van der Waals surface area contributed by atoms with Gasteiger partial charge in [0.05, 0.1) is 18.4 Å². The number of carbonyl (C=O) groups is 1. The number of aromatic nitrogens is 1. The summed E-state index contributed by atoms with van der Waals surface area (Å²) in [6.45, 7) is 0. The molecule has 0 saturated carbocycles. The van der Waals surface area contributed by atoms with Gasteiger partial charge in [-0.2, -0.15) is 0 Å². The Morgan fingerprint density at radius 2 is 1.89 bits per heavy atom. The van der Waals surface area contributed by atoms with Gasteiger partial charge in [-0.05, 0) is 24.3 Å². The molecule has 94 valence electrons. The first kappa shape index (κ1) is 14.5. The number of halogens is 2. The highest BCUT2D eigenvalue weighted by atomic mass is 35.5. The van der Waals surface area contributed by atoms with Gasteiger partial charge in [0.2, 0.25) is 0 Å². The van der Waals surface area contributed by atoms with Crippen molar-refractivity contribution in [2.45, 2.75) is 0 Å². The van der Waals surface area contributed by atoms with Gasteiger partial charge in [0.1, 0.15) is 0 Å². The molecule has 0 atom stereocenters. The van der Waals surface area contributed by atoms with Crippen LogP contribution in [-0.2, 0) is 4.74 Å². The Bertz CT molecular complexity index is 541. The zero-order valence-electron chi connectivity index (χ0n) is 9.59. The molecule has 0 saturated heterocycles. The topological polar surface area (TPSA) is 39.2 Å². The van der Waals surface area contributed by atoms with Crippen molar-refractivity contribution in [3.63, 3.8) is 0 Å². The number of hydrogen-bond acceptors (Lipinski definition) is 3. The van der Waals surface area contributed by atoms with Crippen molar-refractivity contribution in [2.75, 3.05) is 7.11 Å². The number of esters is 1. The molecule has 2 rings (SSSR count). The Kier molecular flexibility index (Phi) is 5.13. The maximum Gasteiger partial charge on any atom is 0.337 e. The zero-order chi connectivity index (χ0) is 12.3. The summed E-state index contributed by atoms with van der Waals surface area (Å²) in [6.07, 6.45) is 1.58. The van der Waals surface area contributed by atoms with E-state index in [1.54, 1.807) is 30.5 Å². The van der Waals surface area contributed by atoms with Crippen molar-refractivity contribution in [1.82, 2.24) is 4.98 Å². The molecule has 0 aliphatic heterocycles. The van der Waals surface area contributed by atoms with Crippen LogP contribution in [0.2, 0.25) is 5.02 Å². The first-order chi connectivity index (χ1) is 8.20. The Balaban J connectivity index is 0.00000162. The standard InChI is InChI=1S/C13H10ClNO2.ClH/c1-17-13(16)10-6-7-15-12(8-10)9-2-4-11(14)5-3-9;/h2-8H,1H3;1H. The lowest BCUT2D eigenvalue weighted by Gasteiger charge is -2.03. The maximum atomic E-state index is 11.4. The highest BCUT2D eigenvalue weighted by Crippen LogP contribution is 2.20. The van der Waals surface area contributed by atoms with Gasteiger partial charge >= 0.3 is 5.97 Å². The maximum absolute atomic E-state index is 11.4. The van der Waals surface area contributed by atoms with E-state index in [1.807, 2.05) is 12.1 Å². The van der Waals surface area contributed by atoms with Gasteiger partial charge < -0.3 is 4.74 Å². The van der Waals surface area contributed by atoms with Gasteiger partial charge in [0, 0.05) is 16.8 Å². The van der Waals surface area contributed by atoms with Gasteiger partial charge in [-0.15, -0.1) is 12.4 Å². The highest BCUT2D eigenvalue weighted by molar-refractivity contribution is 6.30. The van der Waals surface area contributed by atoms with Crippen LogP contribution in [0, 0.1) is 0 Å². The zero-order valence-corrected chi connectivity index (χ0v) is 11.2. The largest absolute Gasteiger partial charge is 0.465 e. The van der Waals surface area contributed by atoms with Crippen LogP contribution in [0.5, 0.6) is 0 Å². The molecule has 5 heteroatoms. The van der Waals surface area contributed by atoms with Gasteiger partial charge in [-0.1, -0.05) is 23.7 Å². The third-order valence-electron chi connectivity index (χ3n) is 2.32. The van der Waals surface area contributed by atoms with Crippen molar-refractivity contribution in [1.29, 1.82) is 0 Å². The van der Waals surface area contributed by atoms with Crippen molar-refractivity contribution >= 4 is 30.0 Å². The quantitative estimate of drug-likeness (QED) is 0.791. The predicted octanol–water partition coefficient (Wildman–Crippen LogP) is 3.61. The summed E-state index contributed by atoms with van der Waals surface area (Å²) in [5.74, 6) is -0.373. The molecule has 0 bridgehead atoms. The van der Waals surface area contributed by atoms with Crippen molar-refractivity contribution in [2.24, 2.45) is 0 Å². The summed E-state index contributed by atoms with van der Waals surface area (Å²) in [4.78, 5) is 15.6. The Hall–Kier alpha value is -1.58. The molecule has 1 heterocycles. The second kappa shape index (κ2) is 6.38. The molecule has 0 radical (unpaired) electrons.